The van der Waals surface area contributed by atoms with E-state index in [0.717, 1.165) is 18.7 Å². The first-order valence-electron chi connectivity index (χ1n) is 13.8. The smallest absolute Gasteiger partial charge is 0.336 e. The Hall–Kier alpha value is -4.96. The number of hydrogen-bond donors (Lipinski definition) is 4. The van der Waals surface area contributed by atoms with Gasteiger partial charge in [-0.2, -0.15) is 0 Å². The summed E-state index contributed by atoms with van der Waals surface area (Å²) in [6.07, 6.45) is 0. The Morgan fingerprint density at radius 3 is 2.29 bits per heavy atom. The van der Waals surface area contributed by atoms with Crippen molar-refractivity contribution < 1.29 is 24.6 Å². The molecule has 1 aliphatic rings. The summed E-state index contributed by atoms with van der Waals surface area (Å²) >= 11 is 0. The first-order valence-corrected chi connectivity index (χ1v) is 13.8. The van der Waals surface area contributed by atoms with Gasteiger partial charge in [0.15, 0.2) is 5.88 Å². The molecule has 0 radical (unpaired) electrons. The Balaban J connectivity index is 1.35. The van der Waals surface area contributed by atoms with E-state index in [4.69, 9.17) is 4.99 Å². The van der Waals surface area contributed by atoms with Gasteiger partial charge in [-0.1, -0.05) is 30.3 Å². The van der Waals surface area contributed by atoms with Gasteiger partial charge < -0.3 is 25.4 Å². The maximum absolute atomic E-state index is 12.8. The van der Waals surface area contributed by atoms with Crippen molar-refractivity contribution in [2.24, 2.45) is 4.99 Å². The number of carbonyl (C=O) groups excluding carboxylic acids is 2. The van der Waals surface area contributed by atoms with Gasteiger partial charge in [0.25, 0.3) is 5.91 Å². The Morgan fingerprint density at radius 2 is 1.64 bits per heavy atom. The van der Waals surface area contributed by atoms with Crippen LogP contribution in [0.4, 0.5) is 5.69 Å². The lowest BCUT2D eigenvalue weighted by atomic mass is 9.98. The second-order valence-electron chi connectivity index (χ2n) is 10.3. The number of aromatic nitrogens is 1. The number of benzene rings is 3. The number of nitrogens with one attached hydrogen (secondary N) is 2. The van der Waals surface area contributed by atoms with Crippen molar-refractivity contribution in [1.82, 2.24) is 20.1 Å². The molecule has 1 saturated heterocycles. The molecule has 0 saturated carbocycles. The Kier molecular flexibility index (Phi) is 8.35. The van der Waals surface area contributed by atoms with Gasteiger partial charge >= 0.3 is 5.97 Å². The molecule has 10 heteroatoms. The van der Waals surface area contributed by atoms with Crippen LogP contribution in [-0.4, -0.2) is 87.8 Å². The van der Waals surface area contributed by atoms with Gasteiger partial charge in [0, 0.05) is 68.2 Å². The lowest BCUT2D eigenvalue weighted by molar-refractivity contribution is -0.130. The molecule has 1 fully saturated rings. The third-order valence-electron chi connectivity index (χ3n) is 7.54. The quantitative estimate of drug-likeness (QED) is 0.238. The fraction of sp³-hybridized carbons (Fsp3) is 0.250. The maximum Gasteiger partial charge on any atom is 0.336 e. The van der Waals surface area contributed by atoms with Crippen molar-refractivity contribution in [2.45, 2.75) is 13.8 Å². The van der Waals surface area contributed by atoms with Gasteiger partial charge in [-0.05, 0) is 48.9 Å². The van der Waals surface area contributed by atoms with Gasteiger partial charge in [0.05, 0.1) is 22.5 Å². The third kappa shape index (κ3) is 6.18. The average molecular weight is 568 g/mol. The predicted molar refractivity (Wildman–Crippen MR) is 161 cm³/mol. The number of carboxylic acids is 1. The summed E-state index contributed by atoms with van der Waals surface area (Å²) in [6.45, 7) is 7.50. The highest BCUT2D eigenvalue weighted by atomic mass is 16.4. The molecule has 10 nitrogen and oxygen atoms in total. The number of aromatic amines is 1. The number of hydrogen-bond acceptors (Lipinski definition) is 6. The summed E-state index contributed by atoms with van der Waals surface area (Å²) in [4.78, 5) is 47.7. The zero-order valence-corrected chi connectivity index (χ0v) is 23.6. The fourth-order valence-electron chi connectivity index (χ4n) is 5.20. The minimum Gasteiger partial charge on any atom is -0.494 e. The summed E-state index contributed by atoms with van der Waals surface area (Å²) in [5.74, 6) is -1.25. The Labute approximate surface area is 243 Å². The summed E-state index contributed by atoms with van der Waals surface area (Å²) in [5, 5.41) is 24.1. The number of amides is 2. The monoisotopic (exact) mass is 567 g/mol. The molecule has 0 aliphatic carbocycles. The topological polar surface area (TPSA) is 138 Å². The molecule has 4 aromatic rings. The van der Waals surface area contributed by atoms with Gasteiger partial charge in [0.2, 0.25) is 5.91 Å². The van der Waals surface area contributed by atoms with Crippen molar-refractivity contribution in [3.05, 3.63) is 94.5 Å². The van der Waals surface area contributed by atoms with E-state index in [1.165, 1.54) is 6.07 Å². The molecule has 4 N–H and O–H groups in total. The predicted octanol–water partition coefficient (Wildman–Crippen LogP) is 3.94. The zero-order chi connectivity index (χ0) is 29.8. The number of carbonyl (C=O) groups is 3. The first-order chi connectivity index (χ1) is 20.2. The van der Waals surface area contributed by atoms with Crippen LogP contribution in [0.15, 0.2) is 71.7 Å². The van der Waals surface area contributed by atoms with Crippen LogP contribution in [0.5, 0.6) is 5.88 Å². The van der Waals surface area contributed by atoms with E-state index >= 15 is 0 Å². The van der Waals surface area contributed by atoms with Crippen LogP contribution in [-0.2, 0) is 4.79 Å². The van der Waals surface area contributed by atoms with E-state index in [-0.39, 0.29) is 23.3 Å². The van der Waals surface area contributed by atoms with Gasteiger partial charge in [-0.25, -0.2) is 9.79 Å². The number of rotatable bonds is 8. The Morgan fingerprint density at radius 1 is 0.952 bits per heavy atom. The van der Waals surface area contributed by atoms with Crippen LogP contribution in [0, 0.1) is 6.92 Å². The van der Waals surface area contributed by atoms with Crippen LogP contribution >= 0.6 is 0 Å². The molecule has 5 rings (SSSR count). The Bertz CT molecular complexity index is 1650. The number of H-pyrrole nitrogens is 1. The van der Waals surface area contributed by atoms with Gasteiger partial charge in [0.1, 0.15) is 0 Å². The summed E-state index contributed by atoms with van der Waals surface area (Å²) in [5.41, 5.74) is 4.02. The molecule has 0 spiro atoms. The second kappa shape index (κ2) is 12.3. The van der Waals surface area contributed by atoms with Crippen LogP contribution in [0.25, 0.3) is 10.9 Å². The minimum absolute atomic E-state index is 0.0919. The molecule has 0 atom stereocenters. The normalized spacial score (nSPS) is 14.2. The molecule has 1 aliphatic heterocycles. The highest BCUT2D eigenvalue weighted by molar-refractivity contribution is 6.22. The van der Waals surface area contributed by atoms with E-state index in [1.807, 2.05) is 35.2 Å². The van der Waals surface area contributed by atoms with Gasteiger partial charge in [-0.3, -0.25) is 14.5 Å². The fourth-order valence-corrected chi connectivity index (χ4v) is 5.20. The van der Waals surface area contributed by atoms with Crippen molar-refractivity contribution >= 4 is 40.1 Å². The van der Waals surface area contributed by atoms with E-state index in [1.54, 1.807) is 44.2 Å². The van der Waals surface area contributed by atoms with E-state index in [2.05, 4.69) is 15.2 Å². The van der Waals surface area contributed by atoms with E-state index in [0.29, 0.717) is 65.2 Å². The number of aliphatic imine (C=N–C) groups is 1. The second-order valence-corrected chi connectivity index (χ2v) is 10.3. The number of fused-ring (bicyclic) bond motifs is 1. The molecule has 3 aromatic carbocycles. The number of aryl methyl sites for hydroxylation is 1. The van der Waals surface area contributed by atoms with Gasteiger partial charge in [-0.15, -0.1) is 0 Å². The van der Waals surface area contributed by atoms with Crippen molar-refractivity contribution in [3.8, 4) is 5.88 Å². The van der Waals surface area contributed by atoms with Crippen LogP contribution in [0.3, 0.4) is 0 Å². The van der Waals surface area contributed by atoms with E-state index < -0.39 is 5.97 Å². The SMILES string of the molecule is CC(=O)N1CCN(CCNC(=O)c2ccc(N=C(c3ccccc3)c3c(O)[nH]c4cc(C(=O)O)c(C)cc34)cc2)CC1. The summed E-state index contributed by atoms with van der Waals surface area (Å²) < 4.78 is 0. The van der Waals surface area contributed by atoms with Crippen molar-refractivity contribution in [2.75, 3.05) is 39.3 Å². The minimum atomic E-state index is -1.04. The zero-order valence-electron chi connectivity index (χ0n) is 23.6. The highest BCUT2D eigenvalue weighted by Gasteiger charge is 2.21. The molecular formula is C32H33N5O5. The number of aromatic carboxylic acids is 1. The molecule has 0 bridgehead atoms. The maximum atomic E-state index is 12.8. The number of carboxylic acid groups (broad SMARTS) is 1. The van der Waals surface area contributed by atoms with E-state index in [9.17, 15) is 24.6 Å². The lowest BCUT2D eigenvalue weighted by Crippen LogP contribution is -2.49. The molecule has 2 amide bonds. The number of nitrogens with zero attached hydrogens (tertiary/aromatic N) is 3. The van der Waals surface area contributed by atoms with Crippen molar-refractivity contribution in [3.63, 3.8) is 0 Å². The standard InChI is InChI=1S/C32H33N5O5/c1-20-18-26-27(19-25(20)32(41)42)35-31(40)28(26)29(22-6-4-3-5-7-22)34-24-10-8-23(9-11-24)30(39)33-12-13-36-14-16-37(17-15-36)21(2)38/h3-11,18-19,35,40H,12-17H2,1-2H3,(H,33,39)(H,41,42). The number of piperazine rings is 1. The molecular weight excluding hydrogens is 534 g/mol. The first kappa shape index (κ1) is 28.6. The molecule has 0 unspecified atom stereocenters. The molecule has 42 heavy (non-hydrogen) atoms. The summed E-state index contributed by atoms with van der Waals surface area (Å²) in [7, 11) is 0. The van der Waals surface area contributed by atoms with Crippen LogP contribution < -0.4 is 5.32 Å². The van der Waals surface area contributed by atoms with Crippen LogP contribution in [0.1, 0.15) is 44.3 Å². The average Bonchev–Trinajstić information content (AvgIpc) is 3.30. The highest BCUT2D eigenvalue weighted by Crippen LogP contribution is 2.33. The summed E-state index contributed by atoms with van der Waals surface area (Å²) in [6, 6.07) is 19.6. The third-order valence-corrected chi connectivity index (χ3v) is 7.54. The number of aromatic hydroxyl groups is 1. The van der Waals surface area contributed by atoms with Crippen LogP contribution in [0.2, 0.25) is 0 Å². The molecule has 216 valence electrons. The molecule has 2 heterocycles. The molecule has 1 aromatic heterocycles. The largest absolute Gasteiger partial charge is 0.494 e. The van der Waals surface area contributed by atoms with Crippen molar-refractivity contribution in [1.29, 1.82) is 0 Å². The lowest BCUT2D eigenvalue weighted by Gasteiger charge is -2.34.